The zero-order valence-corrected chi connectivity index (χ0v) is 15.2. The summed E-state index contributed by atoms with van der Waals surface area (Å²) in [7, 11) is 0. The first kappa shape index (κ1) is 21.8. The molecule has 0 saturated carbocycles. The predicted molar refractivity (Wildman–Crippen MR) is 96.0 cm³/mol. The van der Waals surface area contributed by atoms with Gasteiger partial charge < -0.3 is 5.11 Å². The van der Waals surface area contributed by atoms with Gasteiger partial charge in [-0.15, -0.1) is 0 Å². The van der Waals surface area contributed by atoms with Crippen molar-refractivity contribution in [2.24, 2.45) is 5.92 Å². The Kier molecular flexibility index (Phi) is 7.92. The zero-order chi connectivity index (χ0) is 20.6. The van der Waals surface area contributed by atoms with Gasteiger partial charge in [0.05, 0.1) is 5.69 Å². The molecule has 0 unspecified atom stereocenters. The Bertz CT molecular complexity index is 745. The molecule has 4 nitrogen and oxygen atoms in total. The summed E-state index contributed by atoms with van der Waals surface area (Å²) < 4.78 is 45.4. The second kappa shape index (κ2) is 10.2. The molecule has 0 spiro atoms. The van der Waals surface area contributed by atoms with Crippen LogP contribution in [0.4, 0.5) is 17.6 Å². The summed E-state index contributed by atoms with van der Waals surface area (Å²) in [5, 5.41) is 7.12. The van der Waals surface area contributed by atoms with E-state index < -0.39 is 12.1 Å². The summed E-state index contributed by atoms with van der Waals surface area (Å²) in [6.07, 6.45) is -0.0906. The van der Waals surface area contributed by atoms with Gasteiger partial charge in [-0.05, 0) is 62.0 Å². The molecule has 28 heavy (non-hydrogen) atoms. The number of piperidine rings is 1. The Hall–Kier alpha value is -2.48. The maximum absolute atomic E-state index is 13.7. The minimum absolute atomic E-state index is 0.0617. The number of carboxylic acid groups (broad SMARTS) is 1. The highest BCUT2D eigenvalue weighted by Gasteiger charge is 2.38. The number of aliphatic carboxylic acids is 1. The number of carboxylic acids is 1. The molecular weight excluding hydrogens is 376 g/mol. The lowest BCUT2D eigenvalue weighted by Crippen LogP contribution is -2.34. The zero-order valence-electron chi connectivity index (χ0n) is 15.2. The summed E-state index contributed by atoms with van der Waals surface area (Å²) >= 11 is 0. The van der Waals surface area contributed by atoms with Gasteiger partial charge >= 0.3 is 12.1 Å². The van der Waals surface area contributed by atoms with Gasteiger partial charge in [0.1, 0.15) is 5.82 Å². The Morgan fingerprint density at radius 3 is 2.25 bits per heavy atom. The van der Waals surface area contributed by atoms with E-state index in [0.29, 0.717) is 5.92 Å². The quantitative estimate of drug-likeness (QED) is 0.780. The Balaban J connectivity index is 0.000000345. The lowest BCUT2D eigenvalue weighted by Gasteiger charge is -2.31. The van der Waals surface area contributed by atoms with Gasteiger partial charge in [0.25, 0.3) is 0 Å². The number of pyridine rings is 1. The Morgan fingerprint density at radius 1 is 1.11 bits per heavy atom. The van der Waals surface area contributed by atoms with Crippen LogP contribution < -0.4 is 0 Å². The lowest BCUT2D eigenvalue weighted by molar-refractivity contribution is -0.192. The van der Waals surface area contributed by atoms with E-state index in [1.54, 1.807) is 12.1 Å². The minimum Gasteiger partial charge on any atom is -0.475 e. The van der Waals surface area contributed by atoms with Crippen molar-refractivity contribution in [3.63, 3.8) is 0 Å². The summed E-state index contributed by atoms with van der Waals surface area (Å²) in [6, 6.07) is 13.2. The highest BCUT2D eigenvalue weighted by molar-refractivity contribution is 5.73. The fourth-order valence-electron chi connectivity index (χ4n) is 3.04. The lowest BCUT2D eigenvalue weighted by atomic mass is 9.90. The third-order valence-corrected chi connectivity index (χ3v) is 4.53. The molecular formula is C20H22F4N2O2. The first-order chi connectivity index (χ1) is 13.3. The maximum atomic E-state index is 13.7. The maximum Gasteiger partial charge on any atom is 0.490 e. The summed E-state index contributed by atoms with van der Waals surface area (Å²) in [4.78, 5) is 15.7. The fourth-order valence-corrected chi connectivity index (χ4v) is 3.04. The van der Waals surface area contributed by atoms with Gasteiger partial charge in [-0.2, -0.15) is 13.2 Å². The molecule has 8 heteroatoms. The van der Waals surface area contributed by atoms with Crippen molar-refractivity contribution < 1.29 is 27.5 Å². The smallest absolute Gasteiger partial charge is 0.475 e. The number of alkyl halides is 3. The molecule has 0 aliphatic carbocycles. The van der Waals surface area contributed by atoms with Crippen LogP contribution in [0.2, 0.25) is 0 Å². The van der Waals surface area contributed by atoms with Crippen molar-refractivity contribution in [2.75, 3.05) is 13.1 Å². The molecule has 1 aromatic heterocycles. The third-order valence-electron chi connectivity index (χ3n) is 4.53. The Morgan fingerprint density at radius 2 is 1.71 bits per heavy atom. The van der Waals surface area contributed by atoms with E-state index in [-0.39, 0.29) is 5.82 Å². The first-order valence-corrected chi connectivity index (χ1v) is 8.91. The van der Waals surface area contributed by atoms with Crippen molar-refractivity contribution in [1.29, 1.82) is 0 Å². The minimum atomic E-state index is -5.08. The standard InChI is InChI=1S/C18H21FN2.C2HF3O2/c19-18-7-2-1-5-16(18)13-15-8-11-21(12-9-15)14-17-6-3-4-10-20-17;3-2(4,5)1(6)7/h1-7,10,15H,8-9,11-14H2;(H,6,7). The monoisotopic (exact) mass is 398 g/mol. The van der Waals surface area contributed by atoms with E-state index in [2.05, 4.69) is 16.0 Å². The molecule has 1 aliphatic rings. The van der Waals surface area contributed by atoms with E-state index in [0.717, 1.165) is 50.2 Å². The molecule has 2 aromatic rings. The molecule has 0 amide bonds. The number of benzene rings is 1. The van der Waals surface area contributed by atoms with Crippen molar-refractivity contribution in [3.05, 3.63) is 65.7 Å². The molecule has 1 aromatic carbocycles. The van der Waals surface area contributed by atoms with Crippen LogP contribution in [0.15, 0.2) is 48.7 Å². The molecule has 1 saturated heterocycles. The molecule has 3 rings (SSSR count). The van der Waals surface area contributed by atoms with Crippen LogP contribution in [0.1, 0.15) is 24.1 Å². The molecule has 1 N–H and O–H groups in total. The average Bonchev–Trinajstić information content (AvgIpc) is 2.66. The van der Waals surface area contributed by atoms with E-state index >= 15 is 0 Å². The second-order valence-corrected chi connectivity index (χ2v) is 6.64. The van der Waals surface area contributed by atoms with Crippen molar-refractivity contribution >= 4 is 5.97 Å². The van der Waals surface area contributed by atoms with Crippen LogP contribution >= 0.6 is 0 Å². The van der Waals surface area contributed by atoms with E-state index in [1.165, 1.54) is 0 Å². The van der Waals surface area contributed by atoms with Gasteiger partial charge in [-0.1, -0.05) is 24.3 Å². The van der Waals surface area contributed by atoms with Crippen molar-refractivity contribution in [3.8, 4) is 0 Å². The largest absolute Gasteiger partial charge is 0.490 e. The number of hydrogen-bond donors (Lipinski definition) is 1. The number of hydrogen-bond acceptors (Lipinski definition) is 3. The van der Waals surface area contributed by atoms with Gasteiger partial charge in [0, 0.05) is 12.7 Å². The van der Waals surface area contributed by atoms with Gasteiger partial charge in [-0.25, -0.2) is 9.18 Å². The summed E-state index contributed by atoms with van der Waals surface area (Å²) in [6.45, 7) is 3.08. The molecule has 0 atom stereocenters. The highest BCUT2D eigenvalue weighted by Crippen LogP contribution is 2.23. The normalized spacial score (nSPS) is 15.6. The van der Waals surface area contributed by atoms with Gasteiger partial charge in [0.15, 0.2) is 0 Å². The molecule has 1 fully saturated rings. The SMILES string of the molecule is Fc1ccccc1CC1CCN(Cc2ccccn2)CC1.O=C(O)C(F)(F)F. The molecule has 2 heterocycles. The third kappa shape index (κ3) is 7.26. The van der Waals surface area contributed by atoms with Crippen LogP contribution in [0.3, 0.4) is 0 Å². The van der Waals surface area contributed by atoms with Gasteiger partial charge in [-0.3, -0.25) is 9.88 Å². The van der Waals surface area contributed by atoms with Crippen LogP contribution in [0.5, 0.6) is 0 Å². The molecule has 0 radical (unpaired) electrons. The average molecular weight is 398 g/mol. The van der Waals surface area contributed by atoms with Crippen LogP contribution in [-0.4, -0.2) is 40.2 Å². The van der Waals surface area contributed by atoms with Crippen molar-refractivity contribution in [2.45, 2.75) is 32.0 Å². The predicted octanol–water partition coefficient (Wildman–Crippen LogP) is 4.31. The van der Waals surface area contributed by atoms with Crippen LogP contribution in [-0.2, 0) is 17.8 Å². The number of halogens is 4. The van der Waals surface area contributed by atoms with Crippen LogP contribution in [0.25, 0.3) is 0 Å². The van der Waals surface area contributed by atoms with Crippen molar-refractivity contribution in [1.82, 2.24) is 9.88 Å². The van der Waals surface area contributed by atoms with E-state index in [9.17, 15) is 17.6 Å². The summed E-state index contributed by atoms with van der Waals surface area (Å²) in [5.41, 5.74) is 1.99. The fraction of sp³-hybridized carbons (Fsp3) is 0.400. The number of nitrogens with zero attached hydrogens (tertiary/aromatic N) is 2. The Labute approximate surface area is 160 Å². The molecule has 1 aliphatic heterocycles. The summed E-state index contributed by atoms with van der Waals surface area (Å²) in [5.74, 6) is -2.22. The molecule has 152 valence electrons. The highest BCUT2D eigenvalue weighted by atomic mass is 19.4. The van der Waals surface area contributed by atoms with Crippen LogP contribution in [0, 0.1) is 11.7 Å². The number of likely N-dealkylation sites (tertiary alicyclic amines) is 1. The van der Waals surface area contributed by atoms with E-state index in [1.807, 2.05) is 30.5 Å². The first-order valence-electron chi connectivity index (χ1n) is 8.91. The topological polar surface area (TPSA) is 53.4 Å². The van der Waals surface area contributed by atoms with Gasteiger partial charge in [0.2, 0.25) is 0 Å². The number of aromatic nitrogens is 1. The molecule has 0 bridgehead atoms. The number of carbonyl (C=O) groups is 1. The number of rotatable bonds is 4. The second-order valence-electron chi connectivity index (χ2n) is 6.64. The van der Waals surface area contributed by atoms with E-state index in [4.69, 9.17) is 9.90 Å².